The fraction of sp³-hybridized carbons (Fsp3) is 0.267. The Labute approximate surface area is 219 Å². The molecule has 1 amide bonds. The lowest BCUT2D eigenvalue weighted by atomic mass is 9.90. The summed E-state index contributed by atoms with van der Waals surface area (Å²) >= 11 is 0. The number of anilines is 2. The fourth-order valence-corrected chi connectivity index (χ4v) is 5.40. The molecule has 0 aliphatic carbocycles. The van der Waals surface area contributed by atoms with Crippen LogP contribution < -0.4 is 25.2 Å². The van der Waals surface area contributed by atoms with Crippen molar-refractivity contribution in [1.29, 1.82) is 0 Å². The molecule has 8 heteroatoms. The third-order valence-electron chi connectivity index (χ3n) is 7.14. The van der Waals surface area contributed by atoms with Gasteiger partial charge in [-0.25, -0.2) is 9.38 Å². The Hall–Kier alpha value is -4.33. The maximum absolute atomic E-state index is 13.5. The number of nitrogens with zero attached hydrogens (tertiary/aromatic N) is 2. The molecule has 0 spiro atoms. The highest BCUT2D eigenvalue weighted by atomic mass is 19.1. The van der Waals surface area contributed by atoms with Crippen molar-refractivity contribution in [3.63, 3.8) is 0 Å². The first-order valence-corrected chi connectivity index (χ1v) is 12.7. The van der Waals surface area contributed by atoms with Crippen molar-refractivity contribution in [2.45, 2.75) is 25.7 Å². The van der Waals surface area contributed by atoms with Gasteiger partial charge >= 0.3 is 0 Å². The van der Waals surface area contributed by atoms with E-state index in [1.165, 1.54) is 41.1 Å². The van der Waals surface area contributed by atoms with Gasteiger partial charge in [-0.3, -0.25) is 4.79 Å². The van der Waals surface area contributed by atoms with E-state index in [9.17, 15) is 9.18 Å². The summed E-state index contributed by atoms with van der Waals surface area (Å²) in [6.07, 6.45) is 4.07. The zero-order valence-corrected chi connectivity index (χ0v) is 21.3. The summed E-state index contributed by atoms with van der Waals surface area (Å²) in [5.41, 5.74) is 5.94. The number of carbonyl (C=O) groups excluding carboxylic acids is 1. The fourth-order valence-electron chi connectivity index (χ4n) is 5.40. The standard InChI is InChI=1S/C30H28FN3O4/c1-36-23-15-22(16-24(17-23)37-2)33-30-26(29(35)32-21-9-7-20(31)8-10-21)14-19-13-18-5-3-11-34-12-4-6-25(27(18)34)28(19)38-30/h7-10,13-17H,3-6,11-12H2,1-2H3,(H,32,35). The number of aryl methyl sites for hydroxylation is 2. The number of carbonyl (C=O) groups is 1. The van der Waals surface area contributed by atoms with Gasteiger partial charge in [-0.15, -0.1) is 0 Å². The predicted molar refractivity (Wildman–Crippen MR) is 144 cm³/mol. The Morgan fingerprint density at radius 3 is 2.39 bits per heavy atom. The summed E-state index contributed by atoms with van der Waals surface area (Å²) < 4.78 is 30.7. The summed E-state index contributed by atoms with van der Waals surface area (Å²) in [7, 11) is 3.14. The maximum Gasteiger partial charge on any atom is 0.261 e. The molecule has 6 rings (SSSR count). The van der Waals surface area contributed by atoms with Gasteiger partial charge in [-0.2, -0.15) is 0 Å². The average molecular weight is 514 g/mol. The van der Waals surface area contributed by atoms with Crippen molar-refractivity contribution in [3.8, 4) is 11.5 Å². The number of ether oxygens (including phenoxy) is 2. The Kier molecular flexibility index (Phi) is 6.23. The second kappa shape index (κ2) is 9.85. The summed E-state index contributed by atoms with van der Waals surface area (Å²) in [6.45, 7) is 2.09. The van der Waals surface area contributed by atoms with E-state index in [1.54, 1.807) is 32.4 Å². The van der Waals surface area contributed by atoms with E-state index in [0.717, 1.165) is 49.7 Å². The second-order valence-electron chi connectivity index (χ2n) is 9.58. The van der Waals surface area contributed by atoms with Crippen molar-refractivity contribution in [2.75, 3.05) is 37.5 Å². The highest BCUT2D eigenvalue weighted by molar-refractivity contribution is 6.06. The number of methoxy groups -OCH3 is 2. The normalized spacial score (nSPS) is 14.8. The first-order valence-electron chi connectivity index (χ1n) is 12.7. The van der Waals surface area contributed by atoms with Gasteiger partial charge < -0.3 is 24.1 Å². The summed E-state index contributed by atoms with van der Waals surface area (Å²) in [5.74, 6) is 0.366. The van der Waals surface area contributed by atoms with Crippen LogP contribution >= 0.6 is 0 Å². The molecule has 0 saturated carbocycles. The van der Waals surface area contributed by atoms with Gasteiger partial charge in [0.2, 0.25) is 5.55 Å². The highest BCUT2D eigenvalue weighted by Crippen LogP contribution is 2.40. The van der Waals surface area contributed by atoms with E-state index in [1.807, 2.05) is 6.07 Å². The minimum absolute atomic E-state index is 0.177. The molecule has 0 saturated heterocycles. The molecule has 0 atom stereocenters. The van der Waals surface area contributed by atoms with Gasteiger partial charge in [0, 0.05) is 53.6 Å². The second-order valence-corrected chi connectivity index (χ2v) is 9.58. The van der Waals surface area contributed by atoms with Crippen molar-refractivity contribution in [1.82, 2.24) is 0 Å². The number of fused-ring (bicyclic) bond motifs is 2. The number of amides is 1. The molecule has 0 unspecified atom stereocenters. The molecule has 194 valence electrons. The lowest BCUT2D eigenvalue weighted by Gasteiger charge is -2.37. The van der Waals surface area contributed by atoms with Crippen molar-refractivity contribution in [2.24, 2.45) is 4.99 Å². The largest absolute Gasteiger partial charge is 0.497 e. The van der Waals surface area contributed by atoms with E-state index >= 15 is 0 Å². The zero-order valence-electron chi connectivity index (χ0n) is 21.3. The first-order chi connectivity index (χ1) is 18.5. The van der Waals surface area contributed by atoms with Crippen LogP contribution in [0.3, 0.4) is 0 Å². The van der Waals surface area contributed by atoms with Crippen LogP contribution in [0.5, 0.6) is 11.5 Å². The summed E-state index contributed by atoms with van der Waals surface area (Å²) in [4.78, 5) is 20.7. The topological polar surface area (TPSA) is 76.3 Å². The Morgan fingerprint density at radius 1 is 0.974 bits per heavy atom. The first kappa shape index (κ1) is 24.0. The number of hydrogen-bond acceptors (Lipinski definition) is 6. The third kappa shape index (κ3) is 4.47. The quantitative estimate of drug-likeness (QED) is 0.367. The van der Waals surface area contributed by atoms with Crippen LogP contribution in [0.15, 0.2) is 64.0 Å². The minimum Gasteiger partial charge on any atom is -0.497 e. The van der Waals surface area contributed by atoms with Crippen LogP contribution in [0.25, 0.3) is 11.0 Å². The molecular weight excluding hydrogens is 485 g/mol. The SMILES string of the molecule is COc1cc(N=c2oc3c4c5c(cc3cc2C(=O)Nc2ccc(F)cc2)CCCN5CCC4)cc(OC)c1. The van der Waals surface area contributed by atoms with E-state index in [4.69, 9.17) is 18.9 Å². The van der Waals surface area contributed by atoms with E-state index < -0.39 is 5.91 Å². The van der Waals surface area contributed by atoms with Gasteiger partial charge in [0.25, 0.3) is 5.91 Å². The Bertz CT molecular complexity index is 1590. The minimum atomic E-state index is -0.399. The molecule has 0 radical (unpaired) electrons. The number of halogens is 1. The van der Waals surface area contributed by atoms with Crippen LogP contribution in [0.4, 0.5) is 21.5 Å². The monoisotopic (exact) mass is 513 g/mol. The number of benzene rings is 3. The van der Waals surface area contributed by atoms with E-state index in [0.29, 0.717) is 22.9 Å². The van der Waals surface area contributed by atoms with Gasteiger partial charge in [0.1, 0.15) is 28.5 Å². The van der Waals surface area contributed by atoms with Gasteiger partial charge in [-0.1, -0.05) is 0 Å². The zero-order chi connectivity index (χ0) is 26.2. The van der Waals surface area contributed by atoms with Crippen LogP contribution in [-0.4, -0.2) is 33.2 Å². The van der Waals surface area contributed by atoms with Crippen LogP contribution in [-0.2, 0) is 12.8 Å². The number of nitrogens with one attached hydrogen (secondary N) is 1. The smallest absolute Gasteiger partial charge is 0.261 e. The van der Waals surface area contributed by atoms with Crippen molar-refractivity contribution >= 4 is 33.9 Å². The molecule has 38 heavy (non-hydrogen) atoms. The predicted octanol–water partition coefficient (Wildman–Crippen LogP) is 5.77. The molecule has 2 aliphatic heterocycles. The molecule has 0 fully saturated rings. The number of hydrogen-bond donors (Lipinski definition) is 1. The summed E-state index contributed by atoms with van der Waals surface area (Å²) in [6, 6.07) is 14.9. The Balaban J connectivity index is 1.56. The molecule has 1 N–H and O–H groups in total. The maximum atomic E-state index is 13.5. The third-order valence-corrected chi connectivity index (χ3v) is 7.14. The van der Waals surface area contributed by atoms with Gasteiger partial charge in [0.15, 0.2) is 0 Å². The molecule has 7 nitrogen and oxygen atoms in total. The molecule has 1 aromatic heterocycles. The highest BCUT2D eigenvalue weighted by Gasteiger charge is 2.27. The van der Waals surface area contributed by atoms with Gasteiger partial charge in [-0.05, 0) is 67.6 Å². The van der Waals surface area contributed by atoms with Crippen molar-refractivity contribution < 1.29 is 23.1 Å². The average Bonchev–Trinajstić information content (AvgIpc) is 2.94. The van der Waals surface area contributed by atoms with E-state index in [2.05, 4.69) is 16.3 Å². The van der Waals surface area contributed by atoms with Crippen LogP contribution in [0, 0.1) is 5.82 Å². The summed E-state index contributed by atoms with van der Waals surface area (Å²) in [5, 5.41) is 3.72. The molecular formula is C30H28FN3O4. The van der Waals surface area contributed by atoms with Crippen LogP contribution in [0.2, 0.25) is 0 Å². The van der Waals surface area contributed by atoms with E-state index in [-0.39, 0.29) is 16.9 Å². The molecule has 3 heterocycles. The molecule has 3 aromatic carbocycles. The van der Waals surface area contributed by atoms with Crippen LogP contribution in [0.1, 0.15) is 34.3 Å². The molecule has 0 bridgehead atoms. The number of rotatable bonds is 5. The van der Waals surface area contributed by atoms with Crippen molar-refractivity contribution in [3.05, 3.63) is 82.7 Å². The lowest BCUT2D eigenvalue weighted by molar-refractivity contribution is 0.102. The molecule has 2 aliphatic rings. The molecule has 4 aromatic rings. The van der Waals surface area contributed by atoms with Gasteiger partial charge in [0.05, 0.1) is 19.9 Å². The Morgan fingerprint density at radius 2 is 1.68 bits per heavy atom. The lowest BCUT2D eigenvalue weighted by Crippen LogP contribution is -2.34.